The second-order valence-electron chi connectivity index (χ2n) is 8.62. The summed E-state index contributed by atoms with van der Waals surface area (Å²) in [6, 6.07) is 44.2. The first kappa shape index (κ1) is 18.8. The fourth-order valence-corrected chi connectivity index (χ4v) is 6.95. The van der Waals surface area contributed by atoms with E-state index in [2.05, 4.69) is 126 Å². The molecule has 0 saturated heterocycles. The first-order chi connectivity index (χ1) is 16.4. The van der Waals surface area contributed by atoms with E-state index in [-0.39, 0.29) is 5.41 Å². The van der Waals surface area contributed by atoms with Gasteiger partial charge in [0, 0.05) is 31.6 Å². The van der Waals surface area contributed by atoms with Gasteiger partial charge in [-0.3, -0.25) is 0 Å². The molecule has 1 aromatic heterocycles. The quantitative estimate of drug-likeness (QED) is 0.287. The highest BCUT2D eigenvalue weighted by Gasteiger charge is 2.44. The Morgan fingerprint density at radius 2 is 1.15 bits per heavy atom. The maximum Gasteiger partial charge on any atom is 0.0723 e. The lowest BCUT2D eigenvalue weighted by Crippen LogP contribution is -2.34. The van der Waals surface area contributed by atoms with Crippen LogP contribution in [0.25, 0.3) is 21.8 Å². The van der Waals surface area contributed by atoms with Crippen molar-refractivity contribution < 1.29 is 0 Å². The van der Waals surface area contributed by atoms with Crippen molar-refractivity contribution in [2.24, 2.45) is 0 Å². The summed E-state index contributed by atoms with van der Waals surface area (Å²) in [5.41, 5.74) is 7.28. The van der Waals surface area contributed by atoms with Crippen molar-refractivity contribution in [1.29, 1.82) is 0 Å². The van der Waals surface area contributed by atoms with Crippen molar-refractivity contribution in [3.05, 3.63) is 144 Å². The zero-order chi connectivity index (χ0) is 21.8. The number of aromatic amines is 1. The van der Waals surface area contributed by atoms with Crippen molar-refractivity contribution in [1.82, 2.24) is 4.98 Å². The van der Waals surface area contributed by atoms with Crippen LogP contribution >= 0.6 is 11.8 Å². The highest BCUT2D eigenvalue weighted by Crippen LogP contribution is 2.57. The maximum absolute atomic E-state index is 3.65. The fraction of sp³-hybridized carbons (Fsp3) is 0.0323. The van der Waals surface area contributed by atoms with Crippen LogP contribution in [0.3, 0.4) is 0 Å². The van der Waals surface area contributed by atoms with Gasteiger partial charge in [-0.25, -0.2) is 0 Å². The molecular formula is C31H21NS. The lowest BCUT2D eigenvalue weighted by atomic mass is 9.64. The van der Waals surface area contributed by atoms with Crippen molar-refractivity contribution in [3.63, 3.8) is 0 Å². The van der Waals surface area contributed by atoms with Gasteiger partial charge in [-0.2, -0.15) is 0 Å². The second kappa shape index (κ2) is 7.13. The van der Waals surface area contributed by atoms with Crippen LogP contribution in [0, 0.1) is 0 Å². The third-order valence-electron chi connectivity index (χ3n) is 6.94. The number of fused-ring (bicyclic) bond motifs is 6. The van der Waals surface area contributed by atoms with E-state index in [1.165, 1.54) is 53.9 Å². The van der Waals surface area contributed by atoms with Gasteiger partial charge in [-0.1, -0.05) is 115 Å². The van der Waals surface area contributed by atoms with Crippen molar-refractivity contribution >= 4 is 33.6 Å². The minimum absolute atomic E-state index is 0.383. The largest absolute Gasteiger partial charge is 0.354 e. The zero-order valence-corrected chi connectivity index (χ0v) is 18.8. The Balaban J connectivity index is 1.70. The average molecular weight is 440 g/mol. The fourth-order valence-electron chi connectivity index (χ4n) is 5.60. The normalized spacial score (nSPS) is 14.2. The average Bonchev–Trinajstić information content (AvgIpc) is 3.27. The number of hydrogen-bond donors (Lipinski definition) is 1. The lowest BCUT2D eigenvalue weighted by molar-refractivity contribution is 0.706. The maximum atomic E-state index is 3.65. The molecule has 0 fully saturated rings. The van der Waals surface area contributed by atoms with Gasteiger partial charge in [0.2, 0.25) is 0 Å². The number of hydrogen-bond acceptors (Lipinski definition) is 1. The van der Waals surface area contributed by atoms with Gasteiger partial charge in [0.05, 0.1) is 5.41 Å². The number of aromatic nitrogens is 1. The summed E-state index contributed by atoms with van der Waals surface area (Å²) in [5, 5.41) is 2.60. The number of H-pyrrole nitrogens is 1. The van der Waals surface area contributed by atoms with Crippen molar-refractivity contribution in [2.45, 2.75) is 15.2 Å². The lowest BCUT2D eigenvalue weighted by Gasteiger charge is -2.42. The molecule has 5 aromatic carbocycles. The molecule has 1 N–H and O–H groups in total. The molecule has 2 heteroatoms. The van der Waals surface area contributed by atoms with Gasteiger partial charge >= 0.3 is 0 Å². The number of rotatable bonds is 2. The van der Waals surface area contributed by atoms with E-state index < -0.39 is 0 Å². The second-order valence-corrected chi connectivity index (χ2v) is 9.67. The Morgan fingerprint density at radius 3 is 1.91 bits per heavy atom. The van der Waals surface area contributed by atoms with Crippen LogP contribution in [0.4, 0.5) is 0 Å². The van der Waals surface area contributed by atoms with Crippen LogP contribution in [0.15, 0.2) is 131 Å². The van der Waals surface area contributed by atoms with Crippen LogP contribution in [-0.2, 0) is 5.41 Å². The standard InChI is InChI=1S/C31H21NS/c1-3-11-21(12-4-1)31(22-13-5-2-6-14-22)24-16-8-10-18-28(24)33-30-25(31)19-20-27-29(30)23-15-7-9-17-26(23)32-27/h1-20,32H. The Morgan fingerprint density at radius 1 is 0.515 bits per heavy atom. The van der Waals surface area contributed by atoms with Gasteiger partial charge in [-0.15, -0.1) is 0 Å². The smallest absolute Gasteiger partial charge is 0.0723 e. The zero-order valence-electron chi connectivity index (χ0n) is 18.0. The van der Waals surface area contributed by atoms with E-state index >= 15 is 0 Å². The molecule has 1 aliphatic rings. The van der Waals surface area contributed by atoms with E-state index in [1.54, 1.807) is 0 Å². The van der Waals surface area contributed by atoms with E-state index in [9.17, 15) is 0 Å². The monoisotopic (exact) mass is 439 g/mol. The summed E-state index contributed by atoms with van der Waals surface area (Å²) in [5.74, 6) is 0. The predicted molar refractivity (Wildman–Crippen MR) is 138 cm³/mol. The molecule has 1 aliphatic heterocycles. The molecule has 6 aromatic rings. The first-order valence-electron chi connectivity index (χ1n) is 11.3. The predicted octanol–water partition coefficient (Wildman–Crippen LogP) is 8.17. The van der Waals surface area contributed by atoms with E-state index in [0.717, 1.165) is 0 Å². The van der Waals surface area contributed by atoms with Crippen LogP contribution in [0.5, 0.6) is 0 Å². The highest BCUT2D eigenvalue weighted by molar-refractivity contribution is 7.99. The Hall–Kier alpha value is -3.75. The molecule has 0 bridgehead atoms. The summed E-state index contributed by atoms with van der Waals surface area (Å²) in [4.78, 5) is 6.30. The van der Waals surface area contributed by atoms with Gasteiger partial charge < -0.3 is 4.98 Å². The molecule has 0 radical (unpaired) electrons. The topological polar surface area (TPSA) is 15.8 Å². The molecule has 33 heavy (non-hydrogen) atoms. The minimum atomic E-state index is -0.383. The molecule has 0 amide bonds. The van der Waals surface area contributed by atoms with Crippen LogP contribution in [0.1, 0.15) is 22.3 Å². The van der Waals surface area contributed by atoms with Crippen LogP contribution in [0.2, 0.25) is 0 Å². The molecule has 0 aliphatic carbocycles. The van der Waals surface area contributed by atoms with Gasteiger partial charge in [0.15, 0.2) is 0 Å². The third-order valence-corrected chi connectivity index (χ3v) is 8.15. The first-order valence-corrected chi connectivity index (χ1v) is 12.1. The highest BCUT2D eigenvalue weighted by atomic mass is 32.2. The molecule has 1 nitrogen and oxygen atoms in total. The summed E-state index contributed by atoms with van der Waals surface area (Å²) >= 11 is 1.90. The summed E-state index contributed by atoms with van der Waals surface area (Å²) in [6.07, 6.45) is 0. The third kappa shape index (κ3) is 2.56. The van der Waals surface area contributed by atoms with Crippen molar-refractivity contribution in [2.75, 3.05) is 0 Å². The molecule has 0 spiro atoms. The van der Waals surface area contributed by atoms with Gasteiger partial charge in [-0.05, 0) is 40.5 Å². The molecule has 156 valence electrons. The van der Waals surface area contributed by atoms with E-state index in [0.29, 0.717) is 0 Å². The van der Waals surface area contributed by atoms with E-state index in [1.807, 2.05) is 11.8 Å². The van der Waals surface area contributed by atoms with Crippen LogP contribution < -0.4 is 0 Å². The Labute approximate surface area is 197 Å². The number of para-hydroxylation sites is 1. The summed E-state index contributed by atoms with van der Waals surface area (Å²) in [6.45, 7) is 0. The molecular weight excluding hydrogens is 418 g/mol. The SMILES string of the molecule is c1ccc(C2(c3ccccc3)c3ccccc3Sc3c2ccc2[nH]c4ccccc4c32)cc1. The molecule has 7 rings (SSSR count). The minimum Gasteiger partial charge on any atom is -0.354 e. The van der Waals surface area contributed by atoms with Crippen molar-refractivity contribution in [3.8, 4) is 0 Å². The summed E-state index contributed by atoms with van der Waals surface area (Å²) in [7, 11) is 0. The van der Waals surface area contributed by atoms with Gasteiger partial charge in [0.1, 0.15) is 0 Å². The molecule has 0 atom stereocenters. The van der Waals surface area contributed by atoms with Gasteiger partial charge in [0.25, 0.3) is 0 Å². The Kier molecular flexibility index (Phi) is 4.06. The molecule has 2 heterocycles. The van der Waals surface area contributed by atoms with E-state index in [4.69, 9.17) is 0 Å². The number of benzene rings is 5. The Bertz CT molecular complexity index is 1590. The summed E-state index contributed by atoms with van der Waals surface area (Å²) < 4.78 is 0. The molecule has 0 unspecified atom stereocenters. The van der Waals surface area contributed by atoms with Crippen LogP contribution in [-0.4, -0.2) is 4.98 Å². The molecule has 0 saturated carbocycles. The number of nitrogens with one attached hydrogen (secondary N) is 1.